The van der Waals surface area contributed by atoms with E-state index < -0.39 is 0 Å². The molecule has 0 aliphatic carbocycles. The van der Waals surface area contributed by atoms with E-state index in [1.807, 2.05) is 18.2 Å². The molecule has 0 saturated carbocycles. The van der Waals surface area contributed by atoms with Crippen LogP contribution in [-0.4, -0.2) is 16.1 Å². The highest BCUT2D eigenvalue weighted by Crippen LogP contribution is 2.25. The topological polar surface area (TPSA) is 37.8 Å². The number of halogens is 1. The van der Waals surface area contributed by atoms with Crippen molar-refractivity contribution in [3.63, 3.8) is 0 Å². The second-order valence-electron chi connectivity index (χ2n) is 4.78. The maximum Gasteiger partial charge on any atom is 0.0801 e. The van der Waals surface area contributed by atoms with Crippen molar-refractivity contribution in [2.75, 3.05) is 6.54 Å². The molecule has 0 aliphatic rings. The summed E-state index contributed by atoms with van der Waals surface area (Å²) in [6.45, 7) is 5.29. The van der Waals surface area contributed by atoms with E-state index in [2.05, 4.69) is 34.8 Å². The zero-order chi connectivity index (χ0) is 14.4. The van der Waals surface area contributed by atoms with Gasteiger partial charge in [-0.25, -0.2) is 0 Å². The summed E-state index contributed by atoms with van der Waals surface area (Å²) < 4.78 is 4.11. The quantitative estimate of drug-likeness (QED) is 0.839. The summed E-state index contributed by atoms with van der Waals surface area (Å²) >= 11 is 7.57. The minimum absolute atomic E-state index is 0.267. The molecule has 0 amide bonds. The average Bonchev–Trinajstić information content (AvgIpc) is 2.92. The Morgan fingerprint density at radius 1 is 1.35 bits per heavy atom. The molecule has 0 spiro atoms. The summed E-state index contributed by atoms with van der Waals surface area (Å²) in [4.78, 5) is 1.25. The molecule has 0 radical (unpaired) electrons. The second kappa shape index (κ2) is 7.72. The molecule has 0 fully saturated rings. The molecule has 5 heteroatoms. The third-order valence-corrected chi connectivity index (χ3v) is 4.32. The van der Waals surface area contributed by atoms with Gasteiger partial charge in [0.15, 0.2) is 0 Å². The molecule has 1 aromatic heterocycles. The van der Waals surface area contributed by atoms with Gasteiger partial charge in [0.25, 0.3) is 0 Å². The first-order valence-electron chi connectivity index (χ1n) is 7.03. The van der Waals surface area contributed by atoms with E-state index in [4.69, 9.17) is 11.6 Å². The van der Waals surface area contributed by atoms with Crippen molar-refractivity contribution in [1.29, 1.82) is 0 Å². The lowest BCUT2D eigenvalue weighted by atomic mass is 10.0. The summed E-state index contributed by atoms with van der Waals surface area (Å²) in [5.41, 5.74) is 2.34. The monoisotopic (exact) mass is 309 g/mol. The van der Waals surface area contributed by atoms with Crippen molar-refractivity contribution >= 4 is 23.1 Å². The zero-order valence-electron chi connectivity index (χ0n) is 11.9. The first kappa shape index (κ1) is 15.4. The molecule has 2 rings (SSSR count). The third kappa shape index (κ3) is 4.01. The summed E-state index contributed by atoms with van der Waals surface area (Å²) in [5.74, 6) is 0. The Hall–Kier alpha value is -0.970. The highest BCUT2D eigenvalue weighted by Gasteiger charge is 2.18. The van der Waals surface area contributed by atoms with Gasteiger partial charge in [0.05, 0.1) is 10.6 Å². The number of nitrogens with one attached hydrogen (secondary N) is 1. The lowest BCUT2D eigenvalue weighted by Gasteiger charge is -2.18. The lowest BCUT2D eigenvalue weighted by Crippen LogP contribution is -2.24. The predicted octanol–water partition coefficient (Wildman–Crippen LogP) is 4.04. The molecule has 0 aliphatic heterocycles. The number of hydrogen-bond acceptors (Lipinski definition) is 4. The molecule has 1 N–H and O–H groups in total. The van der Waals surface area contributed by atoms with E-state index in [9.17, 15) is 0 Å². The van der Waals surface area contributed by atoms with Crippen molar-refractivity contribution in [1.82, 2.24) is 14.9 Å². The Bertz CT molecular complexity index is 541. The van der Waals surface area contributed by atoms with E-state index in [0.29, 0.717) is 0 Å². The first-order valence-corrected chi connectivity index (χ1v) is 8.18. The fraction of sp³-hybridized carbons (Fsp3) is 0.467. The van der Waals surface area contributed by atoms with Crippen molar-refractivity contribution in [3.05, 3.63) is 45.4 Å². The first-order chi connectivity index (χ1) is 9.74. The van der Waals surface area contributed by atoms with Crippen LogP contribution in [0.25, 0.3) is 0 Å². The van der Waals surface area contributed by atoms with Gasteiger partial charge in [-0.2, -0.15) is 0 Å². The van der Waals surface area contributed by atoms with E-state index >= 15 is 0 Å². The summed E-state index contributed by atoms with van der Waals surface area (Å²) in [6, 6.07) is 8.32. The molecule has 1 atom stereocenters. The largest absolute Gasteiger partial charge is 0.309 e. The van der Waals surface area contributed by atoms with Crippen LogP contribution in [0.5, 0.6) is 0 Å². The second-order valence-corrected chi connectivity index (χ2v) is 6.00. The van der Waals surface area contributed by atoms with Crippen LogP contribution in [-0.2, 0) is 12.8 Å². The highest BCUT2D eigenvalue weighted by atomic mass is 35.5. The van der Waals surface area contributed by atoms with E-state index in [0.717, 1.165) is 36.5 Å². The zero-order valence-corrected chi connectivity index (χ0v) is 13.5. The number of nitrogens with zero attached hydrogens (tertiary/aromatic N) is 2. The SMILES string of the molecule is CCCNC(Cc1cccc(Cl)c1)c1snnc1CC. The molecule has 0 bridgehead atoms. The maximum absolute atomic E-state index is 6.07. The Morgan fingerprint density at radius 3 is 2.90 bits per heavy atom. The number of benzene rings is 1. The molecule has 2 aromatic rings. The van der Waals surface area contributed by atoms with Gasteiger partial charge in [0.1, 0.15) is 0 Å². The molecular weight excluding hydrogens is 290 g/mol. The van der Waals surface area contributed by atoms with Gasteiger partial charge in [-0.3, -0.25) is 0 Å². The van der Waals surface area contributed by atoms with E-state index in [-0.39, 0.29) is 6.04 Å². The fourth-order valence-corrected chi connectivity index (χ4v) is 3.23. The minimum atomic E-state index is 0.267. The fourth-order valence-electron chi connectivity index (χ4n) is 2.20. The Kier molecular flexibility index (Phi) is 5.95. The Morgan fingerprint density at radius 2 is 2.20 bits per heavy atom. The molecule has 108 valence electrons. The van der Waals surface area contributed by atoms with Crippen LogP contribution < -0.4 is 5.32 Å². The van der Waals surface area contributed by atoms with E-state index in [1.54, 1.807) is 0 Å². The van der Waals surface area contributed by atoms with Crippen molar-refractivity contribution in [2.24, 2.45) is 0 Å². The predicted molar refractivity (Wildman–Crippen MR) is 85.5 cm³/mol. The van der Waals surface area contributed by atoms with Gasteiger partial charge >= 0.3 is 0 Å². The smallest absolute Gasteiger partial charge is 0.0801 e. The van der Waals surface area contributed by atoms with Crippen LogP contribution in [0.4, 0.5) is 0 Å². The Balaban J connectivity index is 2.19. The molecule has 3 nitrogen and oxygen atoms in total. The number of aromatic nitrogens is 2. The van der Waals surface area contributed by atoms with Gasteiger partial charge < -0.3 is 5.32 Å². The minimum Gasteiger partial charge on any atom is -0.309 e. The van der Waals surface area contributed by atoms with E-state index in [1.165, 1.54) is 22.0 Å². The highest BCUT2D eigenvalue weighted by molar-refractivity contribution is 7.05. The van der Waals surface area contributed by atoms with Gasteiger partial charge in [-0.05, 0) is 55.0 Å². The molecular formula is C15H20ClN3S. The van der Waals surface area contributed by atoms with Crippen LogP contribution in [0.1, 0.15) is 42.4 Å². The van der Waals surface area contributed by atoms with Crippen molar-refractivity contribution in [3.8, 4) is 0 Å². The number of aryl methyl sites for hydroxylation is 1. The van der Waals surface area contributed by atoms with Crippen LogP contribution in [0.15, 0.2) is 24.3 Å². The molecule has 0 saturated heterocycles. The summed E-state index contributed by atoms with van der Waals surface area (Å²) in [7, 11) is 0. The van der Waals surface area contributed by atoms with Crippen LogP contribution >= 0.6 is 23.1 Å². The standard InChI is InChI=1S/C15H20ClN3S/c1-3-8-17-14(15-13(4-2)18-19-20-15)10-11-6-5-7-12(16)9-11/h5-7,9,14,17H,3-4,8,10H2,1-2H3. The van der Waals surface area contributed by atoms with Crippen LogP contribution in [0.2, 0.25) is 5.02 Å². The summed E-state index contributed by atoms with van der Waals surface area (Å²) in [6.07, 6.45) is 2.95. The van der Waals surface area contributed by atoms with Crippen LogP contribution in [0, 0.1) is 0 Å². The molecule has 1 aromatic carbocycles. The van der Waals surface area contributed by atoms with Crippen molar-refractivity contribution < 1.29 is 0 Å². The maximum atomic E-state index is 6.07. The number of hydrogen-bond donors (Lipinski definition) is 1. The molecule has 20 heavy (non-hydrogen) atoms. The molecule has 1 heterocycles. The normalized spacial score (nSPS) is 12.6. The summed E-state index contributed by atoms with van der Waals surface area (Å²) in [5, 5.41) is 8.61. The van der Waals surface area contributed by atoms with Crippen molar-refractivity contribution in [2.45, 2.75) is 39.2 Å². The Labute approximate surface area is 129 Å². The lowest BCUT2D eigenvalue weighted by molar-refractivity contribution is 0.532. The van der Waals surface area contributed by atoms with Crippen LogP contribution in [0.3, 0.4) is 0 Å². The van der Waals surface area contributed by atoms with Gasteiger partial charge in [-0.15, -0.1) is 5.10 Å². The van der Waals surface area contributed by atoms with Gasteiger partial charge in [-0.1, -0.05) is 42.1 Å². The van der Waals surface area contributed by atoms with Gasteiger partial charge in [0.2, 0.25) is 0 Å². The van der Waals surface area contributed by atoms with Gasteiger partial charge in [0, 0.05) is 11.1 Å². The average molecular weight is 310 g/mol. The number of rotatable bonds is 7. The molecule has 1 unspecified atom stereocenters. The third-order valence-electron chi connectivity index (χ3n) is 3.21.